The Morgan fingerprint density at radius 1 is 1.13 bits per heavy atom. The molecule has 2 heterocycles. The topological polar surface area (TPSA) is 74.1 Å². The lowest BCUT2D eigenvalue weighted by Gasteiger charge is -2.18. The third-order valence-corrected chi connectivity index (χ3v) is 6.42. The number of hydrogen-bond donors (Lipinski definition) is 0. The van der Waals surface area contributed by atoms with Gasteiger partial charge in [0.2, 0.25) is 5.91 Å². The minimum Gasteiger partial charge on any atom is -0.320 e. The highest BCUT2D eigenvalue weighted by molar-refractivity contribution is 6.08. The molecule has 5 nitrogen and oxygen atoms in total. The number of nitrogens with zero attached hydrogens (tertiary/aromatic N) is 3. The molecule has 196 valence electrons. The van der Waals surface area contributed by atoms with E-state index in [1.54, 1.807) is 37.3 Å². The molecule has 1 amide bonds. The first-order chi connectivity index (χ1) is 17.9. The molecule has 0 radical (unpaired) electrons. The molecule has 1 aliphatic rings. The second-order valence-electron chi connectivity index (χ2n) is 9.19. The third-order valence-electron chi connectivity index (χ3n) is 6.42. The molecule has 1 atom stereocenters. The molecule has 10 heteroatoms. The van der Waals surface area contributed by atoms with Crippen LogP contribution < -0.4 is 0 Å². The Morgan fingerprint density at radius 2 is 1.84 bits per heavy atom. The highest BCUT2D eigenvalue weighted by atomic mass is 19.4. The molecule has 0 unspecified atom stereocenters. The van der Waals surface area contributed by atoms with Gasteiger partial charge in [-0.25, -0.2) is 8.78 Å². The van der Waals surface area contributed by atoms with Crippen LogP contribution in [0.1, 0.15) is 53.2 Å². The number of ketones is 1. The van der Waals surface area contributed by atoms with E-state index >= 15 is 0 Å². The van der Waals surface area contributed by atoms with E-state index in [-0.39, 0.29) is 18.6 Å². The van der Waals surface area contributed by atoms with E-state index < -0.39 is 42.6 Å². The molecule has 0 saturated carbocycles. The number of Topliss-reactive ketones (excluding diaryl/α,β-unsaturated/α-hetero) is 1. The molecule has 0 aliphatic carbocycles. The molecule has 1 aliphatic heterocycles. The second-order valence-corrected chi connectivity index (χ2v) is 9.19. The first-order valence-electron chi connectivity index (χ1n) is 11.7. The number of pyridine rings is 1. The Hall–Kier alpha value is -4.13. The van der Waals surface area contributed by atoms with Crippen LogP contribution in [-0.2, 0) is 11.0 Å². The predicted octanol–water partition coefficient (Wildman–Crippen LogP) is 6.54. The molecule has 3 aromatic rings. The van der Waals surface area contributed by atoms with Gasteiger partial charge in [-0.15, -0.1) is 0 Å². The summed E-state index contributed by atoms with van der Waals surface area (Å²) in [6, 6.07) is 12.0. The van der Waals surface area contributed by atoms with Gasteiger partial charge in [-0.2, -0.15) is 18.4 Å². The Balaban J connectivity index is 1.53. The van der Waals surface area contributed by atoms with E-state index in [4.69, 9.17) is 5.26 Å². The quantitative estimate of drug-likeness (QED) is 0.207. The Morgan fingerprint density at radius 3 is 2.50 bits per heavy atom. The number of allylic oxidation sites excluding steroid dienone is 1. The van der Waals surface area contributed by atoms with Crippen LogP contribution in [0.2, 0.25) is 0 Å². The molecule has 2 aromatic carbocycles. The van der Waals surface area contributed by atoms with Crippen molar-refractivity contribution in [3.8, 4) is 6.07 Å². The van der Waals surface area contributed by atoms with E-state index in [0.717, 1.165) is 22.6 Å². The van der Waals surface area contributed by atoms with Crippen LogP contribution in [0.5, 0.6) is 0 Å². The maximum Gasteiger partial charge on any atom is 0.416 e. The van der Waals surface area contributed by atoms with Gasteiger partial charge in [-0.1, -0.05) is 24.3 Å². The zero-order valence-electron chi connectivity index (χ0n) is 20.2. The van der Waals surface area contributed by atoms with Crippen molar-refractivity contribution in [2.75, 3.05) is 6.54 Å². The summed E-state index contributed by atoms with van der Waals surface area (Å²) in [5, 5.41) is 9.62. The fraction of sp³-hybridized carbons (Fsp3) is 0.286. The van der Waals surface area contributed by atoms with Gasteiger partial charge < -0.3 is 4.90 Å². The summed E-state index contributed by atoms with van der Waals surface area (Å²) in [7, 11) is 0. The summed E-state index contributed by atoms with van der Waals surface area (Å²) in [5.74, 6) is -4.20. The molecule has 0 N–H and O–H groups in total. The van der Waals surface area contributed by atoms with E-state index in [9.17, 15) is 31.5 Å². The fourth-order valence-corrected chi connectivity index (χ4v) is 4.43. The zero-order valence-corrected chi connectivity index (χ0v) is 20.2. The number of halogens is 5. The van der Waals surface area contributed by atoms with Crippen LogP contribution in [0.4, 0.5) is 22.0 Å². The summed E-state index contributed by atoms with van der Waals surface area (Å²) in [4.78, 5) is 30.6. The average Bonchev–Trinajstić information content (AvgIpc) is 3.20. The summed E-state index contributed by atoms with van der Waals surface area (Å²) in [6.45, 7) is 0.942. The first-order valence-corrected chi connectivity index (χ1v) is 11.7. The van der Waals surface area contributed by atoms with Crippen LogP contribution in [0.25, 0.3) is 22.6 Å². The van der Waals surface area contributed by atoms with E-state index in [1.165, 1.54) is 24.4 Å². The van der Waals surface area contributed by atoms with E-state index in [2.05, 4.69) is 4.98 Å². The van der Waals surface area contributed by atoms with Gasteiger partial charge in [0, 0.05) is 36.4 Å². The van der Waals surface area contributed by atoms with Gasteiger partial charge in [0.05, 0.1) is 23.7 Å². The number of rotatable bonds is 6. The number of nitriles is 1. The van der Waals surface area contributed by atoms with Gasteiger partial charge in [0.15, 0.2) is 5.78 Å². The van der Waals surface area contributed by atoms with E-state index in [1.807, 2.05) is 0 Å². The smallest absolute Gasteiger partial charge is 0.320 e. The van der Waals surface area contributed by atoms with Crippen LogP contribution in [-0.4, -0.2) is 40.1 Å². The molecule has 1 saturated heterocycles. The normalized spacial score (nSPS) is 17.4. The van der Waals surface area contributed by atoms with Gasteiger partial charge in [-0.3, -0.25) is 14.6 Å². The minimum atomic E-state index is -4.42. The number of aromatic nitrogens is 1. The lowest BCUT2D eigenvalue weighted by molar-refractivity contribution is -0.137. The number of benzene rings is 2. The average molecular weight is 527 g/mol. The monoisotopic (exact) mass is 527 g/mol. The van der Waals surface area contributed by atoms with Crippen molar-refractivity contribution in [3.63, 3.8) is 0 Å². The van der Waals surface area contributed by atoms with Gasteiger partial charge in [-0.05, 0) is 54.0 Å². The molecular weight excluding hydrogens is 505 g/mol. The van der Waals surface area contributed by atoms with Crippen LogP contribution in [0.3, 0.4) is 0 Å². The summed E-state index contributed by atoms with van der Waals surface area (Å²) >= 11 is 0. The van der Waals surface area contributed by atoms with Crippen LogP contribution in [0, 0.1) is 11.3 Å². The number of amides is 1. The second kappa shape index (κ2) is 10.3. The SMILES string of the molecule is C/C(=C\c1ccc(C(F)(F)F)cc1)c1ccc2nccc(C(=O)CCC(=O)N3CC(F)(F)C[C@H]3C#N)c2c1. The largest absolute Gasteiger partial charge is 0.416 e. The number of hydrogen-bond acceptors (Lipinski definition) is 4. The highest BCUT2D eigenvalue weighted by Crippen LogP contribution is 2.33. The zero-order chi connectivity index (χ0) is 27.7. The molecular formula is C28H22F5N3O2. The molecule has 38 heavy (non-hydrogen) atoms. The van der Waals surface area contributed by atoms with Gasteiger partial charge in [0.25, 0.3) is 5.92 Å². The Kier molecular flexibility index (Phi) is 7.31. The standard InChI is InChI=1S/C28H22F5N3O2/c1-17(12-18-2-5-20(6-3-18)28(31,32)33)19-4-7-24-23(13-19)22(10-11-35-24)25(37)8-9-26(38)36-16-27(29,30)14-21(36)15-34/h2-7,10-13,21H,8-9,14,16H2,1H3/b17-12+/t21-/m0/s1. The maximum atomic E-state index is 13.7. The van der Waals surface area contributed by atoms with E-state index in [0.29, 0.717) is 27.6 Å². The summed E-state index contributed by atoms with van der Waals surface area (Å²) in [5.41, 5.74) is 2.10. The number of carbonyl (C=O) groups is 2. The molecule has 4 rings (SSSR count). The molecule has 1 fully saturated rings. The number of alkyl halides is 5. The Labute approximate surface area is 215 Å². The number of carbonyl (C=O) groups excluding carboxylic acids is 2. The van der Waals surface area contributed by atoms with Gasteiger partial charge >= 0.3 is 6.18 Å². The van der Waals surface area contributed by atoms with Crippen LogP contribution in [0.15, 0.2) is 54.7 Å². The van der Waals surface area contributed by atoms with Gasteiger partial charge in [0.1, 0.15) is 6.04 Å². The maximum absolute atomic E-state index is 13.7. The van der Waals surface area contributed by atoms with Crippen molar-refractivity contribution >= 4 is 34.2 Å². The molecule has 0 bridgehead atoms. The summed E-state index contributed by atoms with van der Waals surface area (Å²) < 4.78 is 65.8. The van der Waals surface area contributed by atoms with Crippen molar-refractivity contribution in [1.29, 1.82) is 5.26 Å². The fourth-order valence-electron chi connectivity index (χ4n) is 4.43. The van der Waals surface area contributed by atoms with Crippen LogP contribution >= 0.6 is 0 Å². The van der Waals surface area contributed by atoms with Crippen molar-refractivity contribution in [3.05, 3.63) is 77.0 Å². The molecule has 0 spiro atoms. The van der Waals surface area contributed by atoms with Crippen molar-refractivity contribution in [1.82, 2.24) is 9.88 Å². The Bertz CT molecular complexity index is 1460. The molecule has 1 aromatic heterocycles. The lowest BCUT2D eigenvalue weighted by atomic mass is 9.97. The van der Waals surface area contributed by atoms with Crippen molar-refractivity contribution in [2.45, 2.75) is 44.3 Å². The number of fused-ring (bicyclic) bond motifs is 1. The summed E-state index contributed by atoms with van der Waals surface area (Å²) in [6.07, 6.45) is -2.52. The van der Waals surface area contributed by atoms with Crippen molar-refractivity contribution in [2.24, 2.45) is 0 Å². The highest BCUT2D eigenvalue weighted by Gasteiger charge is 2.47. The third kappa shape index (κ3) is 5.88. The minimum absolute atomic E-state index is 0.233. The number of likely N-dealkylation sites (tertiary alicyclic amines) is 1. The van der Waals surface area contributed by atoms with Crippen molar-refractivity contribution < 1.29 is 31.5 Å². The lowest BCUT2D eigenvalue weighted by Crippen LogP contribution is -2.36. The predicted molar refractivity (Wildman–Crippen MR) is 131 cm³/mol. The first kappa shape index (κ1) is 26.9.